The standard InChI is InChI=1S/C72H79N3/c1-50-4-14-59(15-5-50)63-34-66(73-41-51(63)2)62-20-10-54(11-21-62)26-31-72-40-58-38-70(48-72)29-24-52-6-16-60(17-7-52)64-22-12-55(42-74-64)27-32-68-36-57-35-67(3,44-68)45-69(37-57,46-68)33-28-56-13-23-65(75-43-56)61-18-8-53(9-19-61)25-30-71(39-58,47-70)49-72/h4-23,34,41-43,57-58H,24-33,35-40,44-49H2,1-3H3/i3D2,24D2,26D2,29D2,31D2,32D2. The molecular formula is C72H79N3. The SMILES string of the molecule is [2H]C([2H])C12CC3CC4(CCc5ccc(nc5)-c5ccc(cc5)CCC56CC7CC(C5)(CC(C([2H])([2H])C([2H])([2H])c5ccc(-c8cc(-c9ccc(C)cc9)c(C)cn8)cc5)(C7)C6)C([2H])([2H])C([2H])([2H])c5ccc(cc5)-c5ccc(cn5)CC([2H])([2H])C(C3)(C4)C1)C2. The molecule has 3 nitrogen and oxygen atoms in total. The molecule has 7 aromatic rings. The number of aryl methyl sites for hydroxylation is 7. The first-order chi connectivity index (χ1) is 41.1. The third kappa shape index (κ3) is 9.35. The van der Waals surface area contributed by atoms with E-state index in [2.05, 4.69) is 67.6 Å². The van der Waals surface area contributed by atoms with Crippen molar-refractivity contribution in [3.63, 3.8) is 0 Å². The molecule has 7 heterocycles. The van der Waals surface area contributed by atoms with Crippen molar-refractivity contribution in [3.05, 3.63) is 185 Å². The summed E-state index contributed by atoms with van der Waals surface area (Å²) < 4.78 is 119. The number of aromatic nitrogens is 3. The Morgan fingerprint density at radius 2 is 1.03 bits per heavy atom. The number of hydrogen-bond acceptors (Lipinski definition) is 3. The van der Waals surface area contributed by atoms with Crippen LogP contribution in [-0.2, 0) is 32.0 Å². The van der Waals surface area contributed by atoms with Gasteiger partial charge in [0.2, 0.25) is 0 Å². The summed E-state index contributed by atoms with van der Waals surface area (Å²) in [5, 5.41) is 0. The lowest BCUT2D eigenvalue weighted by molar-refractivity contribution is -0.166. The minimum absolute atomic E-state index is 0.00953. The Balaban J connectivity index is 0.810. The van der Waals surface area contributed by atoms with Gasteiger partial charge in [0.05, 0.1) is 17.1 Å². The summed E-state index contributed by atoms with van der Waals surface area (Å²) in [6.07, 6.45) is 3.93. The first-order valence-electron chi connectivity index (χ1n) is 34.4. The predicted octanol–water partition coefficient (Wildman–Crippen LogP) is 18.2. The van der Waals surface area contributed by atoms with Gasteiger partial charge >= 0.3 is 0 Å². The average Bonchev–Trinajstić information content (AvgIpc) is 0.677. The molecule has 0 N–H and O–H groups in total. The predicted molar refractivity (Wildman–Crippen MR) is 308 cm³/mol. The van der Waals surface area contributed by atoms with Gasteiger partial charge in [-0.1, -0.05) is 122 Å². The topological polar surface area (TPSA) is 38.7 Å². The maximum atomic E-state index is 10.3. The van der Waals surface area contributed by atoms with E-state index in [4.69, 9.17) is 17.7 Å². The number of pyridine rings is 3. The van der Waals surface area contributed by atoms with E-state index < -0.39 is 65.8 Å². The van der Waals surface area contributed by atoms with Gasteiger partial charge in [-0.15, -0.1) is 0 Å². The van der Waals surface area contributed by atoms with Crippen LogP contribution in [0.3, 0.4) is 0 Å². The number of rotatable bonds is 5. The van der Waals surface area contributed by atoms with Crippen molar-refractivity contribution in [2.75, 3.05) is 0 Å². The molecule has 3 heteroatoms. The van der Waals surface area contributed by atoms with Gasteiger partial charge in [0, 0.05) is 51.7 Å². The summed E-state index contributed by atoms with van der Waals surface area (Å²) in [5.41, 5.74) is 7.69. The molecule has 4 aliphatic heterocycles. The third-order valence-corrected chi connectivity index (χ3v) is 19.6. The highest BCUT2D eigenvalue weighted by Crippen LogP contribution is 2.74. The summed E-state index contributed by atoms with van der Waals surface area (Å²) in [6, 6.07) is 40.8. The normalized spacial score (nSPS) is 36.4. The Morgan fingerprint density at radius 1 is 0.493 bits per heavy atom. The minimum atomic E-state index is -2.54. The fraction of sp³-hybridized carbons (Fsp3) is 0.458. The highest BCUT2D eigenvalue weighted by Gasteiger charge is 2.63. The molecule has 3 aromatic heterocycles. The summed E-state index contributed by atoms with van der Waals surface area (Å²) in [7, 11) is 0. The molecule has 0 radical (unpaired) electrons. The van der Waals surface area contributed by atoms with Crippen LogP contribution in [0.15, 0.2) is 146 Å². The Morgan fingerprint density at radius 3 is 1.71 bits per heavy atom. The second-order valence-electron chi connectivity index (χ2n) is 25.8. The van der Waals surface area contributed by atoms with E-state index in [0.717, 1.165) is 107 Å². The Bertz CT molecular complexity index is 3760. The maximum Gasteiger partial charge on any atom is 0.0708 e. The van der Waals surface area contributed by atoms with Crippen LogP contribution in [0, 0.1) is 58.2 Å². The molecule has 0 saturated heterocycles. The Hall–Kier alpha value is -5.67. The molecule has 4 spiro atoms. The smallest absolute Gasteiger partial charge is 0.0708 e. The zero-order valence-corrected chi connectivity index (χ0v) is 44.0. The molecule has 11 aliphatic carbocycles. The van der Waals surface area contributed by atoms with Gasteiger partial charge < -0.3 is 0 Å². The fourth-order valence-corrected chi connectivity index (χ4v) is 17.4. The van der Waals surface area contributed by atoms with Crippen LogP contribution in [0.2, 0.25) is 0 Å². The zero-order chi connectivity index (χ0) is 61.0. The van der Waals surface area contributed by atoms with Crippen molar-refractivity contribution in [1.82, 2.24) is 15.0 Å². The molecule has 4 aromatic carbocycles. The molecular weight excluding hydrogens is 907 g/mol. The number of nitrogens with zero attached hydrogens (tertiary/aromatic N) is 3. The molecule has 8 saturated carbocycles. The van der Waals surface area contributed by atoms with Crippen LogP contribution in [0.4, 0.5) is 0 Å². The van der Waals surface area contributed by atoms with Gasteiger partial charge in [0.15, 0.2) is 0 Å². The molecule has 75 heavy (non-hydrogen) atoms. The third-order valence-electron chi connectivity index (χ3n) is 19.6. The highest BCUT2D eigenvalue weighted by atomic mass is 14.7. The summed E-state index contributed by atoms with van der Waals surface area (Å²) in [6.45, 7) is 3.06. The molecule has 8 atom stereocenters. The van der Waals surface area contributed by atoms with Crippen LogP contribution < -0.4 is 0 Å². The van der Waals surface area contributed by atoms with Crippen molar-refractivity contribution in [3.8, 4) is 44.9 Å². The van der Waals surface area contributed by atoms with E-state index >= 15 is 0 Å². The average molecular weight is 999 g/mol. The van der Waals surface area contributed by atoms with Gasteiger partial charge in [0.1, 0.15) is 0 Å². The first kappa shape index (κ1) is 36.4. The van der Waals surface area contributed by atoms with Crippen molar-refractivity contribution < 1.29 is 16.4 Å². The second kappa shape index (κ2) is 18.2. The van der Waals surface area contributed by atoms with Crippen LogP contribution in [0.1, 0.15) is 171 Å². The fourth-order valence-electron chi connectivity index (χ4n) is 17.4. The van der Waals surface area contributed by atoms with Crippen LogP contribution in [0.5, 0.6) is 0 Å². The Kier molecular flexibility index (Phi) is 8.85. The Labute approximate surface area is 465 Å². The van der Waals surface area contributed by atoms with Gasteiger partial charge in [-0.25, -0.2) is 0 Å². The van der Waals surface area contributed by atoms with E-state index in [1.54, 1.807) is 42.6 Å². The molecule has 8 unspecified atom stereocenters. The van der Waals surface area contributed by atoms with Gasteiger partial charge in [-0.2, -0.15) is 0 Å². The lowest BCUT2D eigenvalue weighted by Crippen LogP contribution is -2.57. The molecule has 0 amide bonds. The monoisotopic (exact) mass is 998 g/mol. The number of hydrogen-bond donors (Lipinski definition) is 0. The van der Waals surface area contributed by atoms with E-state index in [0.29, 0.717) is 56.2 Å². The zero-order valence-electron chi connectivity index (χ0n) is 56.0. The quantitative estimate of drug-likeness (QED) is 0.172. The van der Waals surface area contributed by atoms with E-state index in [-0.39, 0.29) is 41.2 Å². The van der Waals surface area contributed by atoms with Crippen molar-refractivity contribution in [2.24, 2.45) is 44.3 Å². The largest absolute Gasteiger partial charge is 0.256 e. The van der Waals surface area contributed by atoms with Crippen molar-refractivity contribution >= 4 is 0 Å². The molecule has 382 valence electrons. The summed E-state index contributed by atoms with van der Waals surface area (Å²) >= 11 is 0. The molecule has 15 aliphatic rings. The lowest BCUT2D eigenvalue weighted by Gasteiger charge is -2.67. The van der Waals surface area contributed by atoms with Crippen molar-refractivity contribution in [1.29, 1.82) is 0 Å². The van der Waals surface area contributed by atoms with Gasteiger partial charge in [0.25, 0.3) is 0 Å². The minimum Gasteiger partial charge on any atom is -0.256 e. The maximum absolute atomic E-state index is 10.3. The molecule has 8 fully saturated rings. The number of benzene rings is 4. The summed E-state index contributed by atoms with van der Waals surface area (Å²) in [5.74, 6) is 0.132. The van der Waals surface area contributed by atoms with Crippen LogP contribution in [-0.4, -0.2) is 15.0 Å². The van der Waals surface area contributed by atoms with Gasteiger partial charge in [-0.05, 0) is 262 Å². The van der Waals surface area contributed by atoms with E-state index in [9.17, 15) is 13.7 Å². The van der Waals surface area contributed by atoms with E-state index in [1.807, 2.05) is 49.6 Å². The van der Waals surface area contributed by atoms with Crippen molar-refractivity contribution in [2.45, 2.75) is 162 Å². The van der Waals surface area contributed by atoms with E-state index in [1.165, 1.54) is 5.56 Å². The van der Waals surface area contributed by atoms with Crippen LogP contribution >= 0.6 is 0 Å². The highest BCUT2D eigenvalue weighted by molar-refractivity contribution is 5.73. The first-order valence-corrected chi connectivity index (χ1v) is 28.2. The van der Waals surface area contributed by atoms with Crippen LogP contribution in [0.25, 0.3) is 44.9 Å². The lowest BCUT2D eigenvalue weighted by atomic mass is 9.37. The summed E-state index contributed by atoms with van der Waals surface area (Å²) in [4.78, 5) is 14.6. The molecule has 16 bridgehead atoms. The second-order valence-corrected chi connectivity index (χ2v) is 25.8. The van der Waals surface area contributed by atoms with Gasteiger partial charge in [-0.3, -0.25) is 15.0 Å². The molecule has 22 rings (SSSR count).